The third kappa shape index (κ3) is 3.43. The number of fused-ring (bicyclic) bond motifs is 2. The molecule has 2 N–H and O–H groups in total. The summed E-state index contributed by atoms with van der Waals surface area (Å²) in [5, 5.41) is 32.8. The van der Waals surface area contributed by atoms with Crippen LogP contribution >= 0.6 is 0 Å². The molecule has 11 nitrogen and oxygen atoms in total. The lowest BCUT2D eigenvalue weighted by atomic mass is 9.85. The second-order valence-corrected chi connectivity index (χ2v) is 8.84. The zero-order valence-electron chi connectivity index (χ0n) is 18.1. The number of nitro groups is 1. The van der Waals surface area contributed by atoms with Crippen molar-refractivity contribution in [3.05, 3.63) is 85.7 Å². The first kappa shape index (κ1) is 20.5. The number of hydrogen-bond acceptors (Lipinski definition) is 8. The molecular formula is C22H20N8O3. The third-order valence-electron chi connectivity index (χ3n) is 5.71. The fourth-order valence-corrected chi connectivity index (χ4v) is 3.97. The molecule has 166 valence electrons. The maximum absolute atomic E-state index is 12.7. The van der Waals surface area contributed by atoms with Crippen LogP contribution < -0.4 is 10.9 Å². The van der Waals surface area contributed by atoms with E-state index in [1.807, 2.05) is 24.3 Å². The van der Waals surface area contributed by atoms with E-state index in [9.17, 15) is 14.9 Å². The quantitative estimate of drug-likeness (QED) is 0.318. The molecule has 1 atom stereocenters. The zero-order valence-corrected chi connectivity index (χ0v) is 18.1. The van der Waals surface area contributed by atoms with Crippen LogP contribution in [0.2, 0.25) is 0 Å². The third-order valence-corrected chi connectivity index (χ3v) is 5.71. The summed E-state index contributed by atoms with van der Waals surface area (Å²) >= 11 is 0. The standard InChI is InChI=1S/C22H20N8O3/c1-22(2,3)14-8-4-13(5-9-14)19-16-17(12-6-10-15(11-7-12)30(32)33)24-25-20(31)18(16)23-21-26-27-28-29(19)21/h4-11,19H,1-3H3,(H,25,31)(H,23,26,28). The number of benzene rings is 2. The number of hydrogen-bond donors (Lipinski definition) is 2. The largest absolute Gasteiger partial charge is 0.318 e. The Morgan fingerprint density at radius 3 is 2.39 bits per heavy atom. The Balaban J connectivity index is 1.72. The molecular weight excluding hydrogens is 424 g/mol. The molecule has 0 saturated heterocycles. The fourth-order valence-electron chi connectivity index (χ4n) is 3.97. The zero-order chi connectivity index (χ0) is 23.3. The molecule has 0 bridgehead atoms. The predicted molar refractivity (Wildman–Crippen MR) is 120 cm³/mol. The van der Waals surface area contributed by atoms with Crippen LogP contribution in [0.25, 0.3) is 11.3 Å². The van der Waals surface area contributed by atoms with Crippen molar-refractivity contribution >= 4 is 17.3 Å². The minimum absolute atomic E-state index is 0.0207. The van der Waals surface area contributed by atoms with Crippen molar-refractivity contribution in [2.75, 3.05) is 5.32 Å². The van der Waals surface area contributed by atoms with Gasteiger partial charge in [0.1, 0.15) is 11.7 Å². The molecule has 3 heterocycles. The van der Waals surface area contributed by atoms with Gasteiger partial charge < -0.3 is 5.32 Å². The molecule has 0 saturated carbocycles. The van der Waals surface area contributed by atoms with Gasteiger partial charge >= 0.3 is 0 Å². The van der Waals surface area contributed by atoms with Crippen molar-refractivity contribution < 1.29 is 4.92 Å². The van der Waals surface area contributed by atoms with Gasteiger partial charge in [-0.2, -0.15) is 9.78 Å². The van der Waals surface area contributed by atoms with Crippen LogP contribution in [0, 0.1) is 10.1 Å². The number of anilines is 2. The maximum Gasteiger partial charge on any atom is 0.288 e. The average Bonchev–Trinajstić information content (AvgIpc) is 3.26. The number of H-pyrrole nitrogens is 1. The molecule has 0 aliphatic carbocycles. The molecule has 0 radical (unpaired) electrons. The topological polar surface area (TPSA) is 145 Å². The van der Waals surface area contributed by atoms with Crippen molar-refractivity contribution in [3.8, 4) is 11.3 Å². The Hall–Kier alpha value is -4.41. The summed E-state index contributed by atoms with van der Waals surface area (Å²) in [5.41, 5.74) is 3.51. The highest BCUT2D eigenvalue weighted by atomic mass is 16.6. The van der Waals surface area contributed by atoms with Gasteiger partial charge in [0.25, 0.3) is 11.2 Å². The van der Waals surface area contributed by atoms with E-state index in [0.717, 1.165) is 11.1 Å². The SMILES string of the molecule is CC(C)(C)c1ccc(C2c3c(-c4ccc([N+](=O)[O-])cc4)n[nH]c(=O)c3Nc3nnnn32)cc1. The van der Waals surface area contributed by atoms with E-state index in [1.165, 1.54) is 12.1 Å². The number of nitrogens with one attached hydrogen (secondary N) is 2. The molecule has 0 spiro atoms. The fraction of sp³-hybridized carbons (Fsp3) is 0.227. The molecule has 1 unspecified atom stereocenters. The van der Waals surface area contributed by atoms with Crippen LogP contribution in [0.15, 0.2) is 53.3 Å². The number of aromatic amines is 1. The lowest BCUT2D eigenvalue weighted by Gasteiger charge is -2.28. The van der Waals surface area contributed by atoms with Crippen molar-refractivity contribution in [1.82, 2.24) is 30.4 Å². The Labute approximate surface area is 187 Å². The van der Waals surface area contributed by atoms with Gasteiger partial charge in [-0.1, -0.05) is 50.1 Å². The van der Waals surface area contributed by atoms with Gasteiger partial charge in [0, 0.05) is 23.3 Å². The lowest BCUT2D eigenvalue weighted by molar-refractivity contribution is -0.384. The van der Waals surface area contributed by atoms with Crippen molar-refractivity contribution in [3.63, 3.8) is 0 Å². The average molecular weight is 444 g/mol. The van der Waals surface area contributed by atoms with Crippen molar-refractivity contribution in [1.29, 1.82) is 0 Å². The lowest BCUT2D eigenvalue weighted by Crippen LogP contribution is -2.29. The molecule has 2 aromatic carbocycles. The van der Waals surface area contributed by atoms with E-state index < -0.39 is 16.5 Å². The molecule has 0 amide bonds. The van der Waals surface area contributed by atoms with Crippen LogP contribution in [0.1, 0.15) is 43.5 Å². The van der Waals surface area contributed by atoms with Gasteiger partial charge in [-0.25, -0.2) is 5.10 Å². The van der Waals surface area contributed by atoms with Crippen LogP contribution in [0.5, 0.6) is 0 Å². The molecule has 2 aromatic heterocycles. The first-order valence-electron chi connectivity index (χ1n) is 10.3. The van der Waals surface area contributed by atoms with E-state index in [4.69, 9.17) is 0 Å². The number of nitrogens with zero attached hydrogens (tertiary/aromatic N) is 6. The highest BCUT2D eigenvalue weighted by Crippen LogP contribution is 2.41. The first-order chi connectivity index (χ1) is 15.7. The number of rotatable bonds is 3. The normalized spacial score (nSPS) is 14.8. The Morgan fingerprint density at radius 1 is 1.06 bits per heavy atom. The molecule has 33 heavy (non-hydrogen) atoms. The minimum Gasteiger partial charge on any atom is -0.318 e. The van der Waals surface area contributed by atoms with Crippen molar-refractivity contribution in [2.45, 2.75) is 32.2 Å². The first-order valence-corrected chi connectivity index (χ1v) is 10.3. The second-order valence-electron chi connectivity index (χ2n) is 8.84. The van der Waals surface area contributed by atoms with E-state index in [-0.39, 0.29) is 16.8 Å². The summed E-state index contributed by atoms with van der Waals surface area (Å²) in [6, 6.07) is 13.6. The minimum atomic E-state index is -0.528. The van der Waals surface area contributed by atoms with E-state index in [2.05, 4.69) is 51.8 Å². The molecule has 0 fully saturated rings. The monoisotopic (exact) mass is 444 g/mol. The number of nitro benzene ring substituents is 1. The van der Waals surface area contributed by atoms with E-state index in [1.54, 1.807) is 16.8 Å². The number of non-ortho nitro benzene ring substituents is 1. The summed E-state index contributed by atoms with van der Waals surface area (Å²) in [7, 11) is 0. The molecule has 1 aliphatic rings. The summed E-state index contributed by atoms with van der Waals surface area (Å²) in [4.78, 5) is 23.3. The highest BCUT2D eigenvalue weighted by molar-refractivity contribution is 5.75. The van der Waals surface area contributed by atoms with Gasteiger partial charge in [-0.15, -0.1) is 0 Å². The Morgan fingerprint density at radius 2 is 1.76 bits per heavy atom. The van der Waals surface area contributed by atoms with Crippen molar-refractivity contribution in [2.24, 2.45) is 0 Å². The van der Waals surface area contributed by atoms with E-state index >= 15 is 0 Å². The van der Waals surface area contributed by atoms with Gasteiger partial charge in [0.2, 0.25) is 5.95 Å². The Kier molecular flexibility index (Phi) is 4.55. The summed E-state index contributed by atoms with van der Waals surface area (Å²) in [6.45, 7) is 6.41. The summed E-state index contributed by atoms with van der Waals surface area (Å²) < 4.78 is 1.60. The number of aromatic nitrogens is 6. The van der Waals surface area contributed by atoms with Gasteiger partial charge in [-0.05, 0) is 39.1 Å². The van der Waals surface area contributed by atoms with E-state index in [0.29, 0.717) is 22.8 Å². The van der Waals surface area contributed by atoms with Crippen LogP contribution in [-0.2, 0) is 5.41 Å². The van der Waals surface area contributed by atoms with Crippen LogP contribution in [0.4, 0.5) is 17.3 Å². The molecule has 1 aliphatic heterocycles. The van der Waals surface area contributed by atoms with Gasteiger partial charge in [0.05, 0.1) is 10.6 Å². The van der Waals surface area contributed by atoms with Gasteiger partial charge in [0.15, 0.2) is 0 Å². The highest BCUT2D eigenvalue weighted by Gasteiger charge is 2.34. The number of tetrazole rings is 1. The predicted octanol–water partition coefficient (Wildman–Crippen LogP) is 3.32. The smallest absolute Gasteiger partial charge is 0.288 e. The van der Waals surface area contributed by atoms with Gasteiger partial charge in [-0.3, -0.25) is 14.9 Å². The maximum atomic E-state index is 12.7. The summed E-state index contributed by atoms with van der Waals surface area (Å²) in [5.74, 6) is 0.332. The molecule has 5 rings (SSSR count). The summed E-state index contributed by atoms with van der Waals surface area (Å²) in [6.07, 6.45) is 0. The second kappa shape index (κ2) is 7.33. The van der Waals surface area contributed by atoms with Crippen LogP contribution in [0.3, 0.4) is 0 Å². The molecule has 11 heteroatoms. The Bertz CT molecular complexity index is 1420. The molecule has 4 aromatic rings. The van der Waals surface area contributed by atoms with Crippen LogP contribution in [-0.4, -0.2) is 35.3 Å².